The van der Waals surface area contributed by atoms with Crippen molar-refractivity contribution in [1.29, 1.82) is 0 Å². The van der Waals surface area contributed by atoms with Crippen molar-refractivity contribution >= 4 is 5.82 Å². The molecule has 3 N–H and O–H groups in total. The molecule has 0 fully saturated rings. The van der Waals surface area contributed by atoms with Gasteiger partial charge in [-0.05, 0) is 36.1 Å². The van der Waals surface area contributed by atoms with E-state index < -0.39 is 0 Å². The Morgan fingerprint density at radius 3 is 2.22 bits per heavy atom. The fourth-order valence-electron chi connectivity index (χ4n) is 2.60. The molecule has 1 heterocycles. The van der Waals surface area contributed by atoms with Gasteiger partial charge in [-0.25, -0.2) is 4.68 Å². The quantitative estimate of drug-likeness (QED) is 0.776. The molecule has 4 nitrogen and oxygen atoms in total. The van der Waals surface area contributed by atoms with Gasteiger partial charge in [0.15, 0.2) is 0 Å². The van der Waals surface area contributed by atoms with E-state index in [4.69, 9.17) is 10.8 Å². The van der Waals surface area contributed by atoms with Gasteiger partial charge in [0.2, 0.25) is 0 Å². The number of rotatable bonds is 4. The number of anilines is 1. The predicted molar refractivity (Wildman–Crippen MR) is 94.1 cm³/mol. The second kappa shape index (κ2) is 6.26. The van der Waals surface area contributed by atoms with Gasteiger partial charge in [0.25, 0.3) is 0 Å². The van der Waals surface area contributed by atoms with Crippen molar-refractivity contribution < 1.29 is 5.11 Å². The molecule has 0 aliphatic carbocycles. The number of aliphatic hydroxyl groups is 1. The Labute approximate surface area is 136 Å². The first-order valence-corrected chi connectivity index (χ1v) is 7.71. The van der Waals surface area contributed by atoms with Gasteiger partial charge in [0, 0.05) is 11.6 Å². The Hall–Kier alpha value is -2.59. The molecular weight excluding hydrogens is 286 g/mol. The molecule has 1 aromatic heterocycles. The third-order valence-corrected chi connectivity index (χ3v) is 4.14. The van der Waals surface area contributed by atoms with Gasteiger partial charge < -0.3 is 10.8 Å². The minimum absolute atomic E-state index is 0.0248. The highest BCUT2D eigenvalue weighted by Crippen LogP contribution is 2.26. The van der Waals surface area contributed by atoms with Crippen molar-refractivity contribution in [2.75, 3.05) is 12.3 Å². The summed E-state index contributed by atoms with van der Waals surface area (Å²) in [4.78, 5) is 0. The molecule has 0 aliphatic rings. The van der Waals surface area contributed by atoms with E-state index in [0.717, 1.165) is 11.3 Å². The molecule has 2 aromatic carbocycles. The van der Waals surface area contributed by atoms with Gasteiger partial charge in [0.05, 0.1) is 18.8 Å². The number of nitrogens with two attached hydrogens (primary N) is 1. The molecule has 118 valence electrons. The lowest BCUT2D eigenvalue weighted by Gasteiger charge is -2.06. The molecule has 23 heavy (non-hydrogen) atoms. The summed E-state index contributed by atoms with van der Waals surface area (Å²) in [5.41, 5.74) is 12.7. The van der Waals surface area contributed by atoms with Crippen LogP contribution >= 0.6 is 0 Å². The first kappa shape index (κ1) is 15.3. The van der Waals surface area contributed by atoms with Crippen molar-refractivity contribution in [3.8, 4) is 22.4 Å². The Morgan fingerprint density at radius 1 is 0.913 bits per heavy atom. The van der Waals surface area contributed by atoms with Crippen molar-refractivity contribution in [1.82, 2.24) is 9.78 Å². The summed E-state index contributed by atoms with van der Waals surface area (Å²) in [5, 5.41) is 13.4. The third-order valence-electron chi connectivity index (χ3n) is 4.14. The Kier molecular flexibility index (Phi) is 4.17. The molecule has 0 radical (unpaired) electrons. The van der Waals surface area contributed by atoms with E-state index in [9.17, 15) is 0 Å². The number of aliphatic hydroxyl groups excluding tert-OH is 1. The average Bonchev–Trinajstić information content (AvgIpc) is 2.92. The molecule has 3 aromatic rings. The van der Waals surface area contributed by atoms with E-state index in [-0.39, 0.29) is 6.61 Å². The maximum Gasteiger partial charge on any atom is 0.122 e. The van der Waals surface area contributed by atoms with Gasteiger partial charge in [-0.3, -0.25) is 0 Å². The van der Waals surface area contributed by atoms with Crippen LogP contribution in [0, 0.1) is 13.8 Å². The summed E-state index contributed by atoms with van der Waals surface area (Å²) in [5.74, 6) is 0.562. The van der Waals surface area contributed by atoms with Gasteiger partial charge in [0.1, 0.15) is 5.82 Å². The molecule has 0 amide bonds. The summed E-state index contributed by atoms with van der Waals surface area (Å²) < 4.78 is 1.62. The maximum atomic E-state index is 9.01. The monoisotopic (exact) mass is 307 g/mol. The number of aryl methyl sites for hydroxylation is 2. The normalized spacial score (nSPS) is 10.9. The smallest absolute Gasteiger partial charge is 0.122 e. The second-order valence-corrected chi connectivity index (χ2v) is 5.78. The van der Waals surface area contributed by atoms with Crippen LogP contribution in [0.2, 0.25) is 0 Å². The van der Waals surface area contributed by atoms with E-state index in [1.54, 1.807) is 4.68 Å². The van der Waals surface area contributed by atoms with Crippen LogP contribution in [-0.4, -0.2) is 21.5 Å². The van der Waals surface area contributed by atoms with E-state index in [1.807, 2.05) is 6.07 Å². The summed E-state index contributed by atoms with van der Waals surface area (Å²) >= 11 is 0. The van der Waals surface area contributed by atoms with Crippen LogP contribution in [0.1, 0.15) is 11.1 Å². The molecule has 0 saturated heterocycles. The van der Waals surface area contributed by atoms with Crippen molar-refractivity contribution in [2.24, 2.45) is 0 Å². The summed E-state index contributed by atoms with van der Waals surface area (Å²) in [6.07, 6.45) is 0. The zero-order valence-electron chi connectivity index (χ0n) is 13.5. The van der Waals surface area contributed by atoms with Crippen molar-refractivity contribution in [2.45, 2.75) is 20.4 Å². The summed E-state index contributed by atoms with van der Waals surface area (Å²) in [7, 11) is 0. The zero-order chi connectivity index (χ0) is 16.4. The first-order valence-electron chi connectivity index (χ1n) is 7.71. The Balaban J connectivity index is 1.89. The molecule has 0 spiro atoms. The lowest BCUT2D eigenvalue weighted by molar-refractivity contribution is 0.270. The minimum Gasteiger partial charge on any atom is -0.394 e. The molecule has 3 rings (SSSR count). The SMILES string of the molecule is Cc1ccc(-c2ccc(-c3cc(N)n(CCO)n3)cc2)cc1C. The molecule has 0 bridgehead atoms. The number of nitrogens with zero attached hydrogens (tertiary/aromatic N) is 2. The van der Waals surface area contributed by atoms with E-state index in [2.05, 4.69) is 61.4 Å². The van der Waals surface area contributed by atoms with Gasteiger partial charge >= 0.3 is 0 Å². The number of hydrogen-bond donors (Lipinski definition) is 2. The lowest BCUT2D eigenvalue weighted by Crippen LogP contribution is -2.07. The standard InChI is InChI=1S/C19H21N3O/c1-13-3-4-17(11-14(13)2)15-5-7-16(8-6-15)18-12-19(20)22(21-18)9-10-23/h3-8,11-12,23H,9-10,20H2,1-2H3. The van der Waals surface area contributed by atoms with E-state index >= 15 is 0 Å². The van der Waals surface area contributed by atoms with Crippen LogP contribution in [0.4, 0.5) is 5.82 Å². The number of benzene rings is 2. The molecule has 4 heteroatoms. The first-order chi connectivity index (χ1) is 11.1. The number of aromatic nitrogens is 2. The van der Waals surface area contributed by atoms with Crippen LogP contribution < -0.4 is 5.73 Å². The average molecular weight is 307 g/mol. The molecule has 0 saturated carbocycles. The summed E-state index contributed by atoms with van der Waals surface area (Å²) in [6, 6.07) is 16.6. The highest BCUT2D eigenvalue weighted by molar-refractivity contribution is 5.70. The topological polar surface area (TPSA) is 64.1 Å². The van der Waals surface area contributed by atoms with Crippen LogP contribution in [0.3, 0.4) is 0 Å². The van der Waals surface area contributed by atoms with E-state index in [0.29, 0.717) is 12.4 Å². The molecule has 0 atom stereocenters. The lowest BCUT2D eigenvalue weighted by atomic mass is 9.99. The van der Waals surface area contributed by atoms with Crippen molar-refractivity contribution in [3.05, 3.63) is 59.7 Å². The highest BCUT2D eigenvalue weighted by Gasteiger charge is 2.07. The number of hydrogen-bond acceptors (Lipinski definition) is 3. The van der Waals surface area contributed by atoms with Gasteiger partial charge in [-0.15, -0.1) is 0 Å². The predicted octanol–water partition coefficient (Wildman–Crippen LogP) is 3.41. The minimum atomic E-state index is 0.0248. The fraction of sp³-hybridized carbons (Fsp3) is 0.211. The van der Waals surface area contributed by atoms with Crippen LogP contribution in [0.25, 0.3) is 22.4 Å². The van der Waals surface area contributed by atoms with Crippen molar-refractivity contribution in [3.63, 3.8) is 0 Å². The van der Waals surface area contributed by atoms with Gasteiger partial charge in [-0.1, -0.05) is 42.5 Å². The van der Waals surface area contributed by atoms with Crippen LogP contribution in [0.15, 0.2) is 48.5 Å². The van der Waals surface area contributed by atoms with Crippen LogP contribution in [0.5, 0.6) is 0 Å². The Morgan fingerprint density at radius 2 is 1.57 bits per heavy atom. The second-order valence-electron chi connectivity index (χ2n) is 5.78. The highest BCUT2D eigenvalue weighted by atomic mass is 16.3. The maximum absolute atomic E-state index is 9.01. The molecule has 0 aliphatic heterocycles. The zero-order valence-corrected chi connectivity index (χ0v) is 13.5. The fourth-order valence-corrected chi connectivity index (χ4v) is 2.60. The number of nitrogen functional groups attached to an aromatic ring is 1. The van der Waals surface area contributed by atoms with Crippen LogP contribution in [-0.2, 0) is 6.54 Å². The summed E-state index contributed by atoms with van der Waals surface area (Å²) in [6.45, 7) is 4.68. The van der Waals surface area contributed by atoms with Gasteiger partial charge in [-0.2, -0.15) is 5.10 Å². The van der Waals surface area contributed by atoms with E-state index in [1.165, 1.54) is 22.3 Å². The molecule has 0 unspecified atom stereocenters. The molecular formula is C19H21N3O. The third kappa shape index (κ3) is 3.12. The Bertz CT molecular complexity index is 819. The largest absolute Gasteiger partial charge is 0.394 e.